The molecule has 0 spiro atoms. The van der Waals surface area contributed by atoms with Crippen molar-refractivity contribution in [2.45, 2.75) is 31.7 Å². The molecule has 0 fully saturated rings. The van der Waals surface area contributed by atoms with Crippen molar-refractivity contribution in [3.05, 3.63) is 39.8 Å². The summed E-state index contributed by atoms with van der Waals surface area (Å²) in [6.45, 7) is 4.17. The normalized spacial score (nSPS) is 12.0. The summed E-state index contributed by atoms with van der Waals surface area (Å²) in [5, 5.41) is 0. The van der Waals surface area contributed by atoms with Crippen LogP contribution in [0, 0.1) is 6.92 Å². The molecule has 0 radical (unpaired) electrons. The lowest BCUT2D eigenvalue weighted by Crippen LogP contribution is -2.26. The van der Waals surface area contributed by atoms with Crippen molar-refractivity contribution in [3.63, 3.8) is 0 Å². The zero-order valence-electron chi connectivity index (χ0n) is 12.3. The van der Waals surface area contributed by atoms with Crippen molar-refractivity contribution in [1.82, 2.24) is 9.29 Å². The smallest absolute Gasteiger partial charge is 0.243 e. The number of nitrogen functional groups attached to an aromatic ring is 1. The molecule has 0 aliphatic rings. The first kappa shape index (κ1) is 15.9. The molecule has 0 bridgehead atoms. The Morgan fingerprint density at radius 2 is 2.10 bits per heavy atom. The standard InChI is InChI=1S/C14H19N3O2S2/c1-4-11-5-6-12(7-13(11)15)21(18,19)17(3)8-14-10(2)16-9-20-14/h5-7,9H,4,8,15H2,1-3H3. The third-order valence-electron chi connectivity index (χ3n) is 3.42. The molecule has 0 amide bonds. The number of sulfonamides is 1. The second-order valence-corrected chi connectivity index (χ2v) is 7.82. The molecule has 0 aliphatic carbocycles. The first-order chi connectivity index (χ1) is 9.86. The van der Waals surface area contributed by atoms with Crippen LogP contribution in [0.3, 0.4) is 0 Å². The third-order valence-corrected chi connectivity index (χ3v) is 6.14. The summed E-state index contributed by atoms with van der Waals surface area (Å²) in [6, 6.07) is 4.92. The average molecular weight is 325 g/mol. The summed E-state index contributed by atoms with van der Waals surface area (Å²) in [7, 11) is -1.98. The van der Waals surface area contributed by atoms with Gasteiger partial charge in [-0.2, -0.15) is 4.31 Å². The van der Waals surface area contributed by atoms with Crippen molar-refractivity contribution in [1.29, 1.82) is 0 Å². The molecule has 0 aliphatic heterocycles. The first-order valence-electron chi connectivity index (χ1n) is 6.60. The zero-order valence-corrected chi connectivity index (χ0v) is 14.0. The molecule has 1 heterocycles. The highest BCUT2D eigenvalue weighted by atomic mass is 32.2. The van der Waals surface area contributed by atoms with E-state index >= 15 is 0 Å². The van der Waals surface area contributed by atoms with E-state index in [-0.39, 0.29) is 4.90 Å². The minimum Gasteiger partial charge on any atom is -0.398 e. The van der Waals surface area contributed by atoms with Gasteiger partial charge in [0.25, 0.3) is 0 Å². The number of rotatable bonds is 5. The van der Waals surface area contributed by atoms with Crippen molar-refractivity contribution in [3.8, 4) is 0 Å². The molecule has 21 heavy (non-hydrogen) atoms. The van der Waals surface area contributed by atoms with Crippen LogP contribution >= 0.6 is 11.3 Å². The van der Waals surface area contributed by atoms with Crippen LogP contribution < -0.4 is 5.73 Å². The van der Waals surface area contributed by atoms with Crippen molar-refractivity contribution >= 4 is 27.0 Å². The van der Waals surface area contributed by atoms with Gasteiger partial charge in [0.1, 0.15) is 0 Å². The largest absolute Gasteiger partial charge is 0.398 e. The predicted molar refractivity (Wildman–Crippen MR) is 85.7 cm³/mol. The maximum absolute atomic E-state index is 12.6. The summed E-state index contributed by atoms with van der Waals surface area (Å²) >= 11 is 1.46. The maximum atomic E-state index is 12.6. The maximum Gasteiger partial charge on any atom is 0.243 e. The summed E-state index contributed by atoms with van der Waals surface area (Å²) in [5.74, 6) is 0. The zero-order chi connectivity index (χ0) is 15.6. The highest BCUT2D eigenvalue weighted by molar-refractivity contribution is 7.89. The molecule has 5 nitrogen and oxygen atoms in total. The van der Waals surface area contributed by atoms with Gasteiger partial charge < -0.3 is 5.73 Å². The topological polar surface area (TPSA) is 76.3 Å². The fraction of sp³-hybridized carbons (Fsp3) is 0.357. The number of nitrogens with two attached hydrogens (primary N) is 1. The molecule has 1 aromatic carbocycles. The van der Waals surface area contributed by atoms with Crippen molar-refractivity contribution in [2.75, 3.05) is 12.8 Å². The van der Waals surface area contributed by atoms with Gasteiger partial charge in [-0.15, -0.1) is 11.3 Å². The molecule has 114 valence electrons. The first-order valence-corrected chi connectivity index (χ1v) is 8.92. The van der Waals surface area contributed by atoms with Crippen LogP contribution in [0.5, 0.6) is 0 Å². The number of aromatic nitrogens is 1. The summed E-state index contributed by atoms with van der Waals surface area (Å²) < 4.78 is 26.5. The molecule has 2 N–H and O–H groups in total. The monoisotopic (exact) mass is 325 g/mol. The van der Waals surface area contributed by atoms with Gasteiger partial charge >= 0.3 is 0 Å². The fourth-order valence-electron chi connectivity index (χ4n) is 2.00. The van der Waals surface area contributed by atoms with E-state index in [1.807, 2.05) is 13.8 Å². The van der Waals surface area contributed by atoms with E-state index < -0.39 is 10.0 Å². The van der Waals surface area contributed by atoms with Gasteiger partial charge in [0.2, 0.25) is 10.0 Å². The van der Waals surface area contributed by atoms with Crippen molar-refractivity contribution < 1.29 is 8.42 Å². The van der Waals surface area contributed by atoms with E-state index in [2.05, 4.69) is 4.98 Å². The number of benzene rings is 1. The van der Waals surface area contributed by atoms with E-state index in [9.17, 15) is 8.42 Å². The van der Waals surface area contributed by atoms with Gasteiger partial charge in [-0.1, -0.05) is 13.0 Å². The van der Waals surface area contributed by atoms with Gasteiger partial charge in [-0.05, 0) is 31.0 Å². The molecule has 2 rings (SSSR count). The number of hydrogen-bond acceptors (Lipinski definition) is 5. The van der Waals surface area contributed by atoms with Gasteiger partial charge in [-0.3, -0.25) is 0 Å². The third kappa shape index (κ3) is 3.25. The Bertz CT molecular complexity index is 738. The van der Waals surface area contributed by atoms with E-state index in [4.69, 9.17) is 5.73 Å². The van der Waals surface area contributed by atoms with Gasteiger partial charge in [0, 0.05) is 24.2 Å². The Kier molecular flexibility index (Phi) is 4.65. The number of anilines is 1. The number of aryl methyl sites for hydroxylation is 2. The second-order valence-electron chi connectivity index (χ2n) is 4.84. The Hall–Kier alpha value is -1.44. The molecule has 0 saturated heterocycles. The van der Waals surface area contributed by atoms with Gasteiger partial charge in [-0.25, -0.2) is 13.4 Å². The molecular formula is C14H19N3O2S2. The molecule has 0 saturated carbocycles. The minimum atomic E-state index is -3.55. The Morgan fingerprint density at radius 3 is 2.62 bits per heavy atom. The highest BCUT2D eigenvalue weighted by Gasteiger charge is 2.22. The lowest BCUT2D eigenvalue weighted by Gasteiger charge is -2.17. The Labute approximate surface area is 129 Å². The Morgan fingerprint density at radius 1 is 1.38 bits per heavy atom. The van der Waals surface area contributed by atoms with Gasteiger partial charge in [0.05, 0.1) is 16.1 Å². The second kappa shape index (κ2) is 6.13. The SMILES string of the molecule is CCc1ccc(S(=O)(=O)N(C)Cc2scnc2C)cc1N. The van der Waals surface area contributed by atoms with E-state index in [1.54, 1.807) is 24.7 Å². The summed E-state index contributed by atoms with van der Waals surface area (Å²) in [5.41, 5.74) is 9.95. The van der Waals surface area contributed by atoms with E-state index in [0.717, 1.165) is 22.6 Å². The quantitative estimate of drug-likeness (QED) is 0.857. The lowest BCUT2D eigenvalue weighted by molar-refractivity contribution is 0.468. The van der Waals surface area contributed by atoms with Crippen LogP contribution in [0.15, 0.2) is 28.6 Å². The van der Waals surface area contributed by atoms with Crippen LogP contribution in [0.1, 0.15) is 23.1 Å². The highest BCUT2D eigenvalue weighted by Crippen LogP contribution is 2.23. The van der Waals surface area contributed by atoms with Crippen LogP contribution in [-0.2, 0) is 23.0 Å². The van der Waals surface area contributed by atoms with E-state index in [1.165, 1.54) is 21.7 Å². The number of thiazole rings is 1. The van der Waals surface area contributed by atoms with Crippen LogP contribution in [0.2, 0.25) is 0 Å². The number of nitrogens with zero attached hydrogens (tertiary/aromatic N) is 2. The van der Waals surface area contributed by atoms with Crippen LogP contribution in [0.4, 0.5) is 5.69 Å². The molecule has 1 aromatic heterocycles. The molecule has 7 heteroatoms. The van der Waals surface area contributed by atoms with E-state index in [0.29, 0.717) is 12.2 Å². The fourth-order valence-corrected chi connectivity index (χ4v) is 4.09. The average Bonchev–Trinajstić information content (AvgIpc) is 2.84. The molecule has 2 aromatic rings. The molecule has 0 unspecified atom stereocenters. The molecule has 0 atom stereocenters. The summed E-state index contributed by atoms with van der Waals surface area (Å²) in [4.78, 5) is 5.31. The van der Waals surface area contributed by atoms with Crippen molar-refractivity contribution in [2.24, 2.45) is 0 Å². The predicted octanol–water partition coefficient (Wildman–Crippen LogP) is 2.42. The van der Waals surface area contributed by atoms with Crippen LogP contribution in [-0.4, -0.2) is 24.8 Å². The summed E-state index contributed by atoms with van der Waals surface area (Å²) in [6.07, 6.45) is 0.780. The minimum absolute atomic E-state index is 0.224. The number of hydrogen-bond donors (Lipinski definition) is 1. The van der Waals surface area contributed by atoms with Crippen LogP contribution in [0.25, 0.3) is 0 Å². The Balaban J connectivity index is 2.29. The lowest BCUT2D eigenvalue weighted by atomic mass is 10.1. The molecular weight excluding hydrogens is 306 g/mol. The van der Waals surface area contributed by atoms with Gasteiger partial charge in [0.15, 0.2) is 0 Å².